The first-order chi connectivity index (χ1) is 11.9. The van der Waals surface area contributed by atoms with E-state index in [1.165, 1.54) is 21.4 Å². The van der Waals surface area contributed by atoms with Crippen LogP contribution in [0.3, 0.4) is 0 Å². The second-order valence-electron chi connectivity index (χ2n) is 6.01. The lowest BCUT2D eigenvalue weighted by Gasteiger charge is -2.31. The fraction of sp³-hybridized carbons (Fsp3) is 0.375. The largest absolute Gasteiger partial charge is 0.380 e. The standard InChI is InChI=1S/C16H19ClN4O3S/c1-25(23,24)20-9-7-12(8-10-20)19-14-11-18-21(16(22)15(14)17)13-5-3-2-4-6-13/h2-6,11-12,19H,7-10H2,1H3. The van der Waals surface area contributed by atoms with E-state index in [9.17, 15) is 13.2 Å². The topological polar surface area (TPSA) is 84.3 Å². The molecule has 0 aliphatic carbocycles. The number of anilines is 1. The molecule has 7 nitrogen and oxygen atoms in total. The molecular formula is C16H19ClN4O3S. The van der Waals surface area contributed by atoms with Gasteiger partial charge in [0.15, 0.2) is 0 Å². The maximum Gasteiger partial charge on any atom is 0.292 e. The molecule has 1 N–H and O–H groups in total. The van der Waals surface area contributed by atoms with Crippen molar-refractivity contribution in [1.29, 1.82) is 0 Å². The Kier molecular flexibility index (Phi) is 5.12. The van der Waals surface area contributed by atoms with Gasteiger partial charge in [0.2, 0.25) is 10.0 Å². The number of rotatable bonds is 4. The van der Waals surface area contributed by atoms with Crippen LogP contribution in [0.15, 0.2) is 41.3 Å². The fourth-order valence-electron chi connectivity index (χ4n) is 2.84. The number of nitrogens with zero attached hydrogens (tertiary/aromatic N) is 3. The number of hydrogen-bond acceptors (Lipinski definition) is 5. The minimum atomic E-state index is -3.16. The number of piperidine rings is 1. The Hall–Kier alpha value is -1.90. The number of sulfonamides is 1. The Bertz CT molecular complexity index is 907. The Morgan fingerprint density at radius 1 is 1.20 bits per heavy atom. The van der Waals surface area contributed by atoms with Gasteiger partial charge in [-0.05, 0) is 25.0 Å². The summed E-state index contributed by atoms with van der Waals surface area (Å²) < 4.78 is 25.8. The van der Waals surface area contributed by atoms with Crippen LogP contribution in [0.1, 0.15) is 12.8 Å². The molecule has 0 atom stereocenters. The Balaban J connectivity index is 1.75. The number of benzene rings is 1. The summed E-state index contributed by atoms with van der Waals surface area (Å²) in [5.41, 5.74) is 0.713. The van der Waals surface area contributed by atoms with Gasteiger partial charge in [-0.3, -0.25) is 4.79 Å². The maximum absolute atomic E-state index is 12.5. The van der Waals surface area contributed by atoms with Crippen molar-refractivity contribution in [3.63, 3.8) is 0 Å². The van der Waals surface area contributed by atoms with Crippen molar-refractivity contribution in [1.82, 2.24) is 14.1 Å². The van der Waals surface area contributed by atoms with Gasteiger partial charge in [0, 0.05) is 19.1 Å². The molecule has 25 heavy (non-hydrogen) atoms. The van der Waals surface area contributed by atoms with Gasteiger partial charge in [-0.1, -0.05) is 29.8 Å². The average molecular weight is 383 g/mol. The van der Waals surface area contributed by atoms with Crippen LogP contribution in [0.2, 0.25) is 5.02 Å². The minimum Gasteiger partial charge on any atom is -0.380 e. The van der Waals surface area contributed by atoms with Crippen molar-refractivity contribution >= 4 is 27.3 Å². The third kappa shape index (κ3) is 4.02. The van der Waals surface area contributed by atoms with Crippen molar-refractivity contribution in [3.8, 4) is 5.69 Å². The van der Waals surface area contributed by atoms with Crippen LogP contribution in [0.25, 0.3) is 5.69 Å². The third-order valence-electron chi connectivity index (χ3n) is 4.20. The highest BCUT2D eigenvalue weighted by Crippen LogP contribution is 2.22. The Labute approximate surface area is 151 Å². The molecule has 1 saturated heterocycles. The van der Waals surface area contributed by atoms with E-state index < -0.39 is 15.6 Å². The Morgan fingerprint density at radius 2 is 1.84 bits per heavy atom. The van der Waals surface area contributed by atoms with E-state index in [0.29, 0.717) is 37.3 Å². The zero-order chi connectivity index (χ0) is 18.0. The summed E-state index contributed by atoms with van der Waals surface area (Å²) >= 11 is 6.23. The molecule has 0 spiro atoms. The lowest BCUT2D eigenvalue weighted by molar-refractivity contribution is 0.332. The molecule has 1 fully saturated rings. The molecule has 134 valence electrons. The number of halogens is 1. The summed E-state index contributed by atoms with van der Waals surface area (Å²) in [6, 6.07) is 9.09. The second-order valence-corrected chi connectivity index (χ2v) is 8.37. The summed E-state index contributed by atoms with van der Waals surface area (Å²) in [5.74, 6) is 0. The second kappa shape index (κ2) is 7.15. The van der Waals surface area contributed by atoms with Crippen molar-refractivity contribution in [2.45, 2.75) is 18.9 Å². The van der Waals surface area contributed by atoms with Gasteiger partial charge >= 0.3 is 0 Å². The predicted molar refractivity (Wildman–Crippen MR) is 97.9 cm³/mol. The van der Waals surface area contributed by atoms with E-state index >= 15 is 0 Å². The monoisotopic (exact) mass is 382 g/mol. The Morgan fingerprint density at radius 3 is 2.44 bits per heavy atom. The van der Waals surface area contributed by atoms with Crippen LogP contribution in [0, 0.1) is 0 Å². The van der Waals surface area contributed by atoms with Crippen LogP contribution in [-0.2, 0) is 10.0 Å². The maximum atomic E-state index is 12.5. The van der Waals surface area contributed by atoms with E-state index in [2.05, 4.69) is 10.4 Å². The first-order valence-corrected chi connectivity index (χ1v) is 10.1. The summed E-state index contributed by atoms with van der Waals surface area (Å²) in [4.78, 5) is 12.5. The molecule has 2 heterocycles. The fourth-order valence-corrected chi connectivity index (χ4v) is 3.90. The highest BCUT2D eigenvalue weighted by Gasteiger charge is 2.25. The van der Waals surface area contributed by atoms with Gasteiger partial charge < -0.3 is 5.32 Å². The molecule has 1 aromatic heterocycles. The first-order valence-electron chi connectivity index (χ1n) is 7.91. The van der Waals surface area contributed by atoms with Gasteiger partial charge in [-0.2, -0.15) is 9.78 Å². The van der Waals surface area contributed by atoms with Gasteiger partial charge in [0.1, 0.15) is 5.02 Å². The van der Waals surface area contributed by atoms with Gasteiger partial charge in [0.25, 0.3) is 5.56 Å². The summed E-state index contributed by atoms with van der Waals surface area (Å²) in [7, 11) is -3.16. The van der Waals surface area contributed by atoms with E-state index in [1.807, 2.05) is 18.2 Å². The first kappa shape index (κ1) is 17.9. The summed E-state index contributed by atoms with van der Waals surface area (Å²) in [6.07, 6.45) is 4.03. The van der Waals surface area contributed by atoms with Crippen LogP contribution < -0.4 is 10.9 Å². The molecule has 0 unspecified atom stereocenters. The quantitative estimate of drug-likeness (QED) is 0.870. The molecule has 0 radical (unpaired) electrons. The van der Waals surface area contributed by atoms with E-state index in [0.717, 1.165) is 0 Å². The van der Waals surface area contributed by atoms with Gasteiger partial charge in [-0.15, -0.1) is 0 Å². The molecule has 0 amide bonds. The van der Waals surface area contributed by atoms with Crippen molar-refractivity contribution in [3.05, 3.63) is 51.9 Å². The summed E-state index contributed by atoms with van der Waals surface area (Å²) in [5, 5.41) is 7.46. The molecule has 3 rings (SSSR count). The molecule has 1 aliphatic rings. The number of hydrogen-bond donors (Lipinski definition) is 1. The van der Waals surface area contributed by atoms with Crippen LogP contribution in [0.4, 0.5) is 5.69 Å². The van der Waals surface area contributed by atoms with Crippen molar-refractivity contribution in [2.24, 2.45) is 0 Å². The smallest absolute Gasteiger partial charge is 0.292 e. The summed E-state index contributed by atoms with van der Waals surface area (Å²) in [6.45, 7) is 0.894. The van der Waals surface area contributed by atoms with E-state index in [1.54, 1.807) is 12.1 Å². The molecule has 9 heteroatoms. The molecule has 2 aromatic rings. The molecular weight excluding hydrogens is 364 g/mol. The van der Waals surface area contributed by atoms with Gasteiger partial charge in [0.05, 0.1) is 23.8 Å². The third-order valence-corrected chi connectivity index (χ3v) is 5.87. The zero-order valence-electron chi connectivity index (χ0n) is 13.7. The van der Waals surface area contributed by atoms with Crippen LogP contribution in [0.5, 0.6) is 0 Å². The van der Waals surface area contributed by atoms with Crippen molar-refractivity contribution in [2.75, 3.05) is 24.7 Å². The SMILES string of the molecule is CS(=O)(=O)N1CCC(Nc2cnn(-c3ccccc3)c(=O)c2Cl)CC1. The van der Waals surface area contributed by atoms with Gasteiger partial charge in [-0.25, -0.2) is 12.7 Å². The predicted octanol–water partition coefficient (Wildman–Crippen LogP) is 1.72. The van der Waals surface area contributed by atoms with E-state index in [-0.39, 0.29) is 11.1 Å². The van der Waals surface area contributed by atoms with Crippen molar-refractivity contribution < 1.29 is 8.42 Å². The van der Waals surface area contributed by atoms with Crippen LogP contribution >= 0.6 is 11.6 Å². The van der Waals surface area contributed by atoms with E-state index in [4.69, 9.17) is 11.6 Å². The normalized spacial score (nSPS) is 16.7. The zero-order valence-corrected chi connectivity index (χ0v) is 15.3. The lowest BCUT2D eigenvalue weighted by atomic mass is 10.1. The number of nitrogens with one attached hydrogen (secondary N) is 1. The molecule has 1 aliphatic heterocycles. The lowest BCUT2D eigenvalue weighted by Crippen LogP contribution is -2.42. The highest BCUT2D eigenvalue weighted by molar-refractivity contribution is 7.88. The average Bonchev–Trinajstić information content (AvgIpc) is 2.60. The molecule has 0 bridgehead atoms. The molecule has 0 saturated carbocycles. The van der Waals surface area contributed by atoms with Crippen LogP contribution in [-0.4, -0.2) is 47.9 Å². The number of para-hydroxylation sites is 1. The number of aromatic nitrogens is 2. The highest BCUT2D eigenvalue weighted by atomic mass is 35.5. The minimum absolute atomic E-state index is 0.0456. The molecule has 1 aromatic carbocycles.